The predicted molar refractivity (Wildman–Crippen MR) is 179 cm³/mol. The summed E-state index contributed by atoms with van der Waals surface area (Å²) in [7, 11) is 0. The van der Waals surface area contributed by atoms with Crippen LogP contribution in [0.3, 0.4) is 0 Å². The van der Waals surface area contributed by atoms with Gasteiger partial charge in [0.25, 0.3) is 6.71 Å². The third kappa shape index (κ3) is 4.35. The number of rotatable bonds is 4. The number of fused-ring (bicyclic) bond motifs is 4. The highest BCUT2D eigenvalue weighted by atomic mass is 16.5. The third-order valence-electron chi connectivity index (χ3n) is 8.58. The monoisotopic (exact) mass is 574 g/mol. The first-order chi connectivity index (χ1) is 22.3. The maximum absolute atomic E-state index is 6.52. The molecule has 0 saturated carbocycles. The molecule has 2 aliphatic heterocycles. The molecule has 0 unspecified atom stereocenters. The first-order valence-corrected chi connectivity index (χ1v) is 14.9. The van der Waals surface area contributed by atoms with Gasteiger partial charge in [-0.15, -0.1) is 0 Å². The van der Waals surface area contributed by atoms with E-state index in [9.17, 15) is 0 Å². The number of benzene rings is 4. The van der Waals surface area contributed by atoms with E-state index >= 15 is 0 Å². The van der Waals surface area contributed by atoms with Crippen molar-refractivity contribution >= 4 is 23.1 Å². The molecule has 2 aromatic heterocycles. The molecule has 0 bridgehead atoms. The third-order valence-corrected chi connectivity index (χ3v) is 8.58. The minimum absolute atomic E-state index is 0.0684. The van der Waals surface area contributed by atoms with E-state index in [1.54, 1.807) is 0 Å². The van der Waals surface area contributed by atoms with Crippen molar-refractivity contribution < 1.29 is 9.47 Å². The van der Waals surface area contributed by atoms with E-state index in [1.807, 2.05) is 67.0 Å². The fourth-order valence-corrected chi connectivity index (χ4v) is 6.34. The first kappa shape index (κ1) is 25.4. The highest BCUT2D eigenvalue weighted by molar-refractivity contribution is 6.98. The summed E-state index contributed by atoms with van der Waals surface area (Å²) in [5.74, 6) is 3.24. The Bertz CT molecular complexity index is 2050. The molecule has 0 amide bonds. The number of hydrogen-bond acceptors (Lipinski definition) is 4. The minimum Gasteiger partial charge on any atom is -0.458 e. The lowest BCUT2D eigenvalue weighted by Gasteiger charge is -2.32. The van der Waals surface area contributed by atoms with Crippen LogP contribution in [0.15, 0.2) is 140 Å². The topological polar surface area (TPSA) is 44.2 Å². The van der Waals surface area contributed by atoms with Gasteiger partial charge in [0.05, 0.1) is 11.4 Å². The van der Waals surface area contributed by atoms with Crippen LogP contribution in [0.1, 0.15) is 0 Å². The lowest BCUT2D eigenvalue weighted by Crippen LogP contribution is -2.57. The van der Waals surface area contributed by atoms with E-state index in [2.05, 4.69) is 94.9 Å². The molecule has 45 heavy (non-hydrogen) atoms. The van der Waals surface area contributed by atoms with Crippen molar-refractivity contribution in [2.75, 3.05) is 0 Å². The Hall–Kier alpha value is -6.12. The van der Waals surface area contributed by atoms with Crippen molar-refractivity contribution in [3.63, 3.8) is 0 Å². The number of ether oxygens (including phenoxy) is 2. The summed E-state index contributed by atoms with van der Waals surface area (Å²) >= 11 is 0. The summed E-state index contributed by atoms with van der Waals surface area (Å²) in [6, 6.07) is 50.3. The van der Waals surface area contributed by atoms with Crippen molar-refractivity contribution in [1.29, 1.82) is 0 Å². The van der Waals surface area contributed by atoms with Crippen LogP contribution < -0.4 is 25.9 Å². The van der Waals surface area contributed by atoms with Gasteiger partial charge in [0.1, 0.15) is 23.0 Å². The van der Waals surface area contributed by atoms with Crippen molar-refractivity contribution in [3.05, 3.63) is 152 Å². The van der Waals surface area contributed by atoms with Crippen LogP contribution in [0.4, 0.5) is 0 Å². The zero-order valence-corrected chi connectivity index (χ0v) is 24.1. The van der Waals surface area contributed by atoms with Crippen molar-refractivity contribution in [2.24, 2.45) is 0 Å². The van der Waals surface area contributed by atoms with Crippen LogP contribution in [0.25, 0.3) is 44.8 Å². The SMILES string of the molecule is c1c(-c2ccc(-c3ccccn3)cc2)cc2c(c#1)B1c3ccc(-c4ccc(-c5ccccn5)cc4)cc3Oc3cccc(c31)O2. The van der Waals surface area contributed by atoms with Crippen LogP contribution in [0.5, 0.6) is 23.0 Å². The highest BCUT2D eigenvalue weighted by Crippen LogP contribution is 2.37. The Kier molecular flexibility index (Phi) is 5.79. The Labute approximate surface area is 261 Å². The van der Waals surface area contributed by atoms with Gasteiger partial charge in [0, 0.05) is 40.0 Å². The van der Waals surface area contributed by atoms with Gasteiger partial charge >= 0.3 is 0 Å². The fourth-order valence-electron chi connectivity index (χ4n) is 6.34. The van der Waals surface area contributed by atoms with Crippen LogP contribution in [0, 0.1) is 12.1 Å². The van der Waals surface area contributed by atoms with Crippen LogP contribution in [0.2, 0.25) is 0 Å². The molecule has 208 valence electrons. The molecule has 0 atom stereocenters. The van der Waals surface area contributed by atoms with Crippen molar-refractivity contribution in [2.45, 2.75) is 0 Å². The molecule has 4 nitrogen and oxygen atoms in total. The largest absolute Gasteiger partial charge is 0.458 e. The molecule has 0 aliphatic carbocycles. The zero-order valence-electron chi connectivity index (χ0n) is 24.1. The Morgan fingerprint density at radius 1 is 0.467 bits per heavy atom. The van der Waals surface area contributed by atoms with E-state index in [4.69, 9.17) is 9.47 Å². The number of hydrogen-bond donors (Lipinski definition) is 0. The molecule has 5 aromatic carbocycles. The lowest BCUT2D eigenvalue weighted by atomic mass is 9.35. The standard InChI is InChI=1S/C40H23BN2O2/c1-3-22-42-34(6-1)28-14-10-26(11-15-28)30-18-20-32-38(24-30)44-36-8-5-9-37-40(36)41(32)33-21-19-31(25-39(33)45-37)27-12-16-29(17-13-27)35-7-2-4-23-43-35/h1-18,20,22-25H. The molecule has 0 saturated heterocycles. The number of nitrogens with zero attached hydrogens (tertiary/aromatic N) is 2. The summed E-state index contributed by atoms with van der Waals surface area (Å²) in [4.78, 5) is 8.95. The summed E-state index contributed by atoms with van der Waals surface area (Å²) in [6.07, 6.45) is 3.63. The maximum atomic E-state index is 6.52. The predicted octanol–water partition coefficient (Wildman–Crippen LogP) is 7.47. The first-order valence-electron chi connectivity index (χ1n) is 14.9. The lowest BCUT2D eigenvalue weighted by molar-refractivity contribution is 0.465. The van der Waals surface area contributed by atoms with Gasteiger partial charge in [0.2, 0.25) is 0 Å². The van der Waals surface area contributed by atoms with Crippen LogP contribution in [-0.4, -0.2) is 16.7 Å². The summed E-state index contributed by atoms with van der Waals surface area (Å²) in [5, 5.41) is 0. The zero-order chi connectivity index (χ0) is 29.7. The van der Waals surface area contributed by atoms with E-state index in [0.29, 0.717) is 0 Å². The summed E-state index contributed by atoms with van der Waals surface area (Å²) in [6.45, 7) is -0.0684. The molecule has 0 N–H and O–H groups in total. The summed E-state index contributed by atoms with van der Waals surface area (Å²) in [5.41, 5.74) is 11.3. The second-order valence-electron chi connectivity index (χ2n) is 11.2. The Morgan fingerprint density at radius 2 is 1.07 bits per heavy atom. The Balaban J connectivity index is 1.07. The fraction of sp³-hybridized carbons (Fsp3) is 0. The van der Waals surface area contributed by atoms with Gasteiger partial charge < -0.3 is 9.47 Å². The summed E-state index contributed by atoms with van der Waals surface area (Å²) < 4.78 is 13.0. The highest BCUT2D eigenvalue weighted by Gasteiger charge is 2.40. The Morgan fingerprint density at radius 3 is 1.71 bits per heavy atom. The van der Waals surface area contributed by atoms with Gasteiger partial charge in [-0.2, -0.15) is 0 Å². The molecule has 2 aliphatic rings. The van der Waals surface area contributed by atoms with Gasteiger partial charge in [0.15, 0.2) is 0 Å². The second-order valence-corrected chi connectivity index (χ2v) is 11.2. The molecule has 0 radical (unpaired) electrons. The van der Waals surface area contributed by atoms with Gasteiger partial charge in [-0.25, -0.2) is 0 Å². The average Bonchev–Trinajstić information content (AvgIpc) is 3.12. The smallest absolute Gasteiger partial charge is 0.271 e. The molecular weight excluding hydrogens is 551 g/mol. The van der Waals surface area contributed by atoms with E-state index in [-0.39, 0.29) is 6.71 Å². The van der Waals surface area contributed by atoms with Gasteiger partial charge in [-0.05, 0) is 70.7 Å². The van der Waals surface area contributed by atoms with Crippen molar-refractivity contribution in [1.82, 2.24) is 9.97 Å². The second kappa shape index (κ2) is 10.3. The van der Waals surface area contributed by atoms with Gasteiger partial charge in [-0.3, -0.25) is 9.97 Å². The number of pyridine rings is 2. The normalized spacial score (nSPS) is 12.1. The van der Waals surface area contributed by atoms with E-state index in [0.717, 1.165) is 84.2 Å². The minimum atomic E-state index is -0.0684. The quantitative estimate of drug-likeness (QED) is 0.205. The molecular formula is C40H23BN2O2. The van der Waals surface area contributed by atoms with E-state index in [1.165, 1.54) is 0 Å². The number of aromatic nitrogens is 2. The van der Waals surface area contributed by atoms with Gasteiger partial charge in [-0.1, -0.05) is 91.0 Å². The van der Waals surface area contributed by atoms with Crippen molar-refractivity contribution in [3.8, 4) is 67.8 Å². The van der Waals surface area contributed by atoms with E-state index < -0.39 is 0 Å². The molecule has 9 rings (SSSR count). The van der Waals surface area contributed by atoms with Crippen LogP contribution in [-0.2, 0) is 0 Å². The average molecular weight is 574 g/mol. The maximum Gasteiger partial charge on any atom is 0.271 e. The molecule has 4 heterocycles. The molecule has 0 spiro atoms. The molecule has 7 aromatic rings. The van der Waals surface area contributed by atoms with Crippen LogP contribution >= 0.6 is 0 Å². The molecule has 5 heteroatoms. The molecule has 0 fully saturated rings.